The van der Waals surface area contributed by atoms with E-state index in [0.29, 0.717) is 6.42 Å². The highest BCUT2D eigenvalue weighted by Crippen LogP contribution is 2.27. The van der Waals surface area contributed by atoms with Gasteiger partial charge in [-0.05, 0) is 42.5 Å². The zero-order chi connectivity index (χ0) is 19.2. The van der Waals surface area contributed by atoms with Gasteiger partial charge in [0.05, 0.1) is 12.1 Å². The molecule has 1 aliphatic heterocycles. The molecule has 0 saturated carbocycles. The SMILES string of the molecule is C=CC(=CCC1=C(C)N(C(=O)Cc2ccccc2)CC1)c1ccnc(N)n1. The number of nitrogen functional groups attached to an aromatic ring is 1. The topological polar surface area (TPSA) is 72.1 Å². The average Bonchev–Trinajstić information content (AvgIpc) is 3.04. The summed E-state index contributed by atoms with van der Waals surface area (Å²) < 4.78 is 0. The van der Waals surface area contributed by atoms with Crippen molar-refractivity contribution >= 4 is 17.4 Å². The van der Waals surface area contributed by atoms with Gasteiger partial charge in [-0.25, -0.2) is 9.97 Å². The Morgan fingerprint density at radius 1 is 1.30 bits per heavy atom. The minimum atomic E-state index is 0.144. The molecule has 0 aliphatic carbocycles. The molecule has 0 unspecified atom stereocenters. The van der Waals surface area contributed by atoms with Gasteiger partial charge >= 0.3 is 0 Å². The fourth-order valence-corrected chi connectivity index (χ4v) is 3.27. The second kappa shape index (κ2) is 8.45. The Balaban J connectivity index is 1.71. The highest BCUT2D eigenvalue weighted by Gasteiger charge is 2.23. The van der Waals surface area contributed by atoms with E-state index in [-0.39, 0.29) is 11.9 Å². The summed E-state index contributed by atoms with van der Waals surface area (Å²) in [5.74, 6) is 0.388. The van der Waals surface area contributed by atoms with Gasteiger partial charge in [0.25, 0.3) is 0 Å². The molecule has 1 aromatic heterocycles. The summed E-state index contributed by atoms with van der Waals surface area (Å²) in [6.45, 7) is 6.64. The summed E-state index contributed by atoms with van der Waals surface area (Å²) in [6.07, 6.45) is 7.56. The first-order valence-electron chi connectivity index (χ1n) is 9.03. The fraction of sp³-hybridized carbons (Fsp3) is 0.227. The van der Waals surface area contributed by atoms with E-state index in [2.05, 4.69) is 22.6 Å². The monoisotopic (exact) mass is 360 g/mol. The van der Waals surface area contributed by atoms with E-state index >= 15 is 0 Å². The molecule has 0 atom stereocenters. The van der Waals surface area contributed by atoms with Crippen LogP contribution < -0.4 is 5.73 Å². The number of hydrogen-bond donors (Lipinski definition) is 1. The number of carbonyl (C=O) groups is 1. The number of allylic oxidation sites excluding steroid dienone is 4. The fourth-order valence-electron chi connectivity index (χ4n) is 3.27. The third-order valence-corrected chi connectivity index (χ3v) is 4.81. The van der Waals surface area contributed by atoms with Gasteiger partial charge in [-0.3, -0.25) is 4.79 Å². The molecule has 0 saturated heterocycles. The van der Waals surface area contributed by atoms with Gasteiger partial charge in [-0.1, -0.05) is 49.1 Å². The zero-order valence-corrected chi connectivity index (χ0v) is 15.6. The van der Waals surface area contributed by atoms with Crippen molar-refractivity contribution < 1.29 is 4.79 Å². The predicted octanol–water partition coefficient (Wildman–Crippen LogP) is 3.77. The molecule has 2 aromatic rings. The van der Waals surface area contributed by atoms with E-state index in [4.69, 9.17) is 5.73 Å². The molecule has 3 rings (SSSR count). The molecule has 2 heterocycles. The van der Waals surface area contributed by atoms with Crippen molar-refractivity contribution in [1.29, 1.82) is 0 Å². The summed E-state index contributed by atoms with van der Waals surface area (Å²) in [6, 6.07) is 11.7. The number of benzene rings is 1. The number of anilines is 1. The van der Waals surface area contributed by atoms with Crippen LogP contribution in [0.15, 0.2) is 72.6 Å². The van der Waals surface area contributed by atoms with E-state index < -0.39 is 0 Å². The van der Waals surface area contributed by atoms with E-state index in [1.54, 1.807) is 12.3 Å². The van der Waals surface area contributed by atoms with Crippen LogP contribution in [-0.4, -0.2) is 27.3 Å². The van der Waals surface area contributed by atoms with Crippen molar-refractivity contribution in [2.24, 2.45) is 0 Å². The Morgan fingerprint density at radius 2 is 2.07 bits per heavy atom. The second-order valence-electron chi connectivity index (χ2n) is 6.51. The van der Waals surface area contributed by atoms with Crippen LogP contribution >= 0.6 is 0 Å². The lowest BCUT2D eigenvalue weighted by Gasteiger charge is -2.18. The molecule has 1 amide bonds. The van der Waals surface area contributed by atoms with Crippen molar-refractivity contribution in [2.75, 3.05) is 12.3 Å². The van der Waals surface area contributed by atoms with E-state index in [0.717, 1.165) is 41.9 Å². The molecule has 138 valence electrons. The molecular formula is C22H24N4O. The van der Waals surface area contributed by atoms with Crippen LogP contribution in [0.3, 0.4) is 0 Å². The van der Waals surface area contributed by atoms with Crippen molar-refractivity contribution in [3.8, 4) is 0 Å². The van der Waals surface area contributed by atoms with Crippen LogP contribution in [0.5, 0.6) is 0 Å². The van der Waals surface area contributed by atoms with Gasteiger partial charge < -0.3 is 10.6 Å². The lowest BCUT2D eigenvalue weighted by Crippen LogP contribution is -2.28. The van der Waals surface area contributed by atoms with Crippen molar-refractivity contribution in [2.45, 2.75) is 26.2 Å². The van der Waals surface area contributed by atoms with Gasteiger partial charge in [0.1, 0.15) is 0 Å². The number of aromatic nitrogens is 2. The summed E-state index contributed by atoms with van der Waals surface area (Å²) in [5, 5.41) is 0. The van der Waals surface area contributed by atoms with Gasteiger partial charge in [-0.2, -0.15) is 0 Å². The number of nitrogens with two attached hydrogens (primary N) is 1. The maximum atomic E-state index is 12.7. The number of amides is 1. The number of nitrogens with zero attached hydrogens (tertiary/aromatic N) is 3. The first-order valence-corrected chi connectivity index (χ1v) is 9.03. The van der Waals surface area contributed by atoms with Gasteiger partial charge in [0.2, 0.25) is 11.9 Å². The van der Waals surface area contributed by atoms with Gasteiger partial charge in [0, 0.05) is 18.4 Å². The first kappa shape index (κ1) is 18.6. The molecular weight excluding hydrogens is 336 g/mol. The van der Waals surface area contributed by atoms with Crippen LogP contribution in [0.25, 0.3) is 5.57 Å². The Kier molecular flexibility index (Phi) is 5.81. The van der Waals surface area contributed by atoms with E-state index in [1.807, 2.05) is 48.2 Å². The molecule has 1 aromatic carbocycles. The lowest BCUT2D eigenvalue weighted by molar-refractivity contribution is -0.128. The Labute approximate surface area is 159 Å². The van der Waals surface area contributed by atoms with Crippen LogP contribution in [-0.2, 0) is 11.2 Å². The molecule has 5 nitrogen and oxygen atoms in total. The minimum absolute atomic E-state index is 0.144. The lowest BCUT2D eigenvalue weighted by atomic mass is 10.1. The third-order valence-electron chi connectivity index (χ3n) is 4.81. The van der Waals surface area contributed by atoms with Gasteiger partial charge in [-0.15, -0.1) is 0 Å². The molecule has 0 radical (unpaired) electrons. The van der Waals surface area contributed by atoms with Crippen molar-refractivity contribution in [3.63, 3.8) is 0 Å². The molecule has 2 N–H and O–H groups in total. The van der Waals surface area contributed by atoms with Crippen LogP contribution in [0.4, 0.5) is 5.95 Å². The Hall–Kier alpha value is -3.21. The predicted molar refractivity (Wildman–Crippen MR) is 108 cm³/mol. The summed E-state index contributed by atoms with van der Waals surface area (Å²) >= 11 is 0. The largest absolute Gasteiger partial charge is 0.368 e. The molecule has 0 bridgehead atoms. The quantitative estimate of drug-likeness (QED) is 0.796. The highest BCUT2D eigenvalue weighted by atomic mass is 16.2. The summed E-state index contributed by atoms with van der Waals surface area (Å²) in [7, 11) is 0. The molecule has 0 fully saturated rings. The standard InChI is InChI=1S/C22H24N4O/c1-3-18(20-11-13-24-22(23)25-20)9-10-19-12-14-26(16(19)2)21(27)15-17-7-5-4-6-8-17/h3-9,11,13H,1,10,12,14-15H2,2H3,(H2,23,24,25). The molecule has 27 heavy (non-hydrogen) atoms. The number of carbonyl (C=O) groups excluding carboxylic acids is 1. The first-order chi connectivity index (χ1) is 13.1. The van der Waals surface area contributed by atoms with Crippen molar-refractivity contribution in [1.82, 2.24) is 14.9 Å². The maximum absolute atomic E-state index is 12.7. The second-order valence-corrected chi connectivity index (χ2v) is 6.51. The van der Waals surface area contributed by atoms with Crippen LogP contribution in [0.2, 0.25) is 0 Å². The van der Waals surface area contributed by atoms with Gasteiger partial charge in [0.15, 0.2) is 0 Å². The number of hydrogen-bond acceptors (Lipinski definition) is 4. The average molecular weight is 360 g/mol. The Morgan fingerprint density at radius 3 is 2.78 bits per heavy atom. The van der Waals surface area contributed by atoms with E-state index in [9.17, 15) is 4.79 Å². The summed E-state index contributed by atoms with van der Waals surface area (Å²) in [4.78, 5) is 22.7. The smallest absolute Gasteiger partial charge is 0.231 e. The minimum Gasteiger partial charge on any atom is -0.368 e. The van der Waals surface area contributed by atoms with Crippen LogP contribution in [0, 0.1) is 0 Å². The van der Waals surface area contributed by atoms with Crippen LogP contribution in [0.1, 0.15) is 31.0 Å². The Bertz CT molecular complexity index is 900. The molecule has 1 aliphatic rings. The zero-order valence-electron chi connectivity index (χ0n) is 15.6. The van der Waals surface area contributed by atoms with E-state index in [1.165, 1.54) is 5.57 Å². The molecule has 5 heteroatoms. The normalized spacial score (nSPS) is 14.6. The maximum Gasteiger partial charge on any atom is 0.231 e. The summed E-state index contributed by atoms with van der Waals surface area (Å²) in [5.41, 5.74) is 10.7. The molecule has 0 spiro atoms. The third kappa shape index (κ3) is 4.50. The highest BCUT2D eigenvalue weighted by molar-refractivity contribution is 5.81. The van der Waals surface area contributed by atoms with Crippen molar-refractivity contribution in [3.05, 3.63) is 83.9 Å². The number of rotatable bonds is 6.